The molecule has 3 rings (SSSR count). The minimum atomic E-state index is -0.612. The van der Waals surface area contributed by atoms with Crippen molar-refractivity contribution in [2.75, 3.05) is 0 Å². The number of aromatic nitrogens is 2. The number of esters is 1. The minimum absolute atomic E-state index is 0.0945. The van der Waals surface area contributed by atoms with Crippen molar-refractivity contribution in [3.05, 3.63) is 76.5 Å². The number of carbonyl (C=O) groups excluding carboxylic acids is 2. The normalized spacial score (nSPS) is 11.1. The van der Waals surface area contributed by atoms with Crippen molar-refractivity contribution in [3.63, 3.8) is 0 Å². The Morgan fingerprint density at radius 3 is 2.69 bits per heavy atom. The standard InChI is InChI=1S/C18H15N5O6/c1-12(20-21-17(24)11-22-10-14(9-19-22)23(26)27)13-4-6-15(7-5-13)29-18(25)16-3-2-8-28-16/h2-10H,11H2,1H3,(H,21,24)/b20-12+. The maximum absolute atomic E-state index is 11.9. The highest BCUT2D eigenvalue weighted by atomic mass is 16.6. The predicted molar refractivity (Wildman–Crippen MR) is 99.3 cm³/mol. The highest BCUT2D eigenvalue weighted by Crippen LogP contribution is 2.15. The van der Waals surface area contributed by atoms with Gasteiger partial charge in [0.05, 0.1) is 16.9 Å². The molecule has 148 valence electrons. The second-order valence-corrected chi connectivity index (χ2v) is 5.78. The van der Waals surface area contributed by atoms with Gasteiger partial charge in [-0.1, -0.05) is 0 Å². The summed E-state index contributed by atoms with van der Waals surface area (Å²) in [5.41, 5.74) is 3.35. The van der Waals surface area contributed by atoms with E-state index in [1.54, 1.807) is 37.3 Å². The number of nitro groups is 1. The van der Waals surface area contributed by atoms with Gasteiger partial charge in [-0.25, -0.2) is 10.2 Å². The Kier molecular flexibility index (Phi) is 5.78. The van der Waals surface area contributed by atoms with Crippen molar-refractivity contribution >= 4 is 23.3 Å². The smallest absolute Gasteiger partial charge is 0.379 e. The first-order valence-corrected chi connectivity index (χ1v) is 8.28. The summed E-state index contributed by atoms with van der Waals surface area (Å²) in [6, 6.07) is 9.60. The average molecular weight is 397 g/mol. The van der Waals surface area contributed by atoms with Crippen LogP contribution in [0.25, 0.3) is 0 Å². The van der Waals surface area contributed by atoms with Gasteiger partial charge in [0.1, 0.15) is 24.7 Å². The monoisotopic (exact) mass is 397 g/mol. The number of hydrogen-bond donors (Lipinski definition) is 1. The molecule has 1 aromatic carbocycles. The van der Waals surface area contributed by atoms with Gasteiger partial charge in [0.2, 0.25) is 5.76 Å². The first-order valence-electron chi connectivity index (χ1n) is 8.28. The van der Waals surface area contributed by atoms with Gasteiger partial charge in [0, 0.05) is 0 Å². The lowest BCUT2D eigenvalue weighted by Gasteiger charge is -2.05. The fraction of sp³-hybridized carbons (Fsp3) is 0.111. The number of ether oxygens (including phenoxy) is 1. The molecule has 0 aliphatic carbocycles. The van der Waals surface area contributed by atoms with Crippen molar-refractivity contribution in [1.29, 1.82) is 0 Å². The number of hydrogen-bond acceptors (Lipinski definition) is 8. The summed E-state index contributed by atoms with van der Waals surface area (Å²) in [4.78, 5) is 33.7. The zero-order chi connectivity index (χ0) is 20.8. The lowest BCUT2D eigenvalue weighted by Crippen LogP contribution is -2.24. The van der Waals surface area contributed by atoms with Gasteiger partial charge >= 0.3 is 11.7 Å². The third-order valence-corrected chi connectivity index (χ3v) is 3.69. The number of nitrogens with zero attached hydrogens (tertiary/aromatic N) is 4. The highest BCUT2D eigenvalue weighted by molar-refractivity contribution is 5.99. The molecule has 11 nitrogen and oxygen atoms in total. The van der Waals surface area contributed by atoms with Crippen LogP contribution in [-0.4, -0.2) is 32.3 Å². The van der Waals surface area contributed by atoms with Gasteiger partial charge in [-0.2, -0.15) is 10.2 Å². The summed E-state index contributed by atoms with van der Waals surface area (Å²) >= 11 is 0. The van der Waals surface area contributed by atoms with E-state index in [-0.39, 0.29) is 18.0 Å². The second-order valence-electron chi connectivity index (χ2n) is 5.78. The molecule has 0 saturated carbocycles. The molecule has 1 N–H and O–H groups in total. The highest BCUT2D eigenvalue weighted by Gasteiger charge is 2.12. The Morgan fingerprint density at radius 2 is 2.07 bits per heavy atom. The van der Waals surface area contributed by atoms with E-state index in [0.29, 0.717) is 17.0 Å². The van der Waals surface area contributed by atoms with Gasteiger partial charge in [-0.15, -0.1) is 0 Å². The van der Waals surface area contributed by atoms with Crippen LogP contribution in [0.15, 0.2) is 64.6 Å². The van der Waals surface area contributed by atoms with Crippen molar-refractivity contribution in [2.24, 2.45) is 5.10 Å². The molecular weight excluding hydrogens is 382 g/mol. The minimum Gasteiger partial charge on any atom is -0.457 e. The Bertz CT molecular complexity index is 1050. The zero-order valence-corrected chi connectivity index (χ0v) is 15.1. The molecule has 0 spiro atoms. The van der Waals surface area contributed by atoms with Crippen LogP contribution in [0.1, 0.15) is 23.0 Å². The molecule has 0 atom stereocenters. The molecule has 0 aliphatic heterocycles. The predicted octanol–water partition coefficient (Wildman–Crippen LogP) is 2.14. The van der Waals surface area contributed by atoms with E-state index in [2.05, 4.69) is 15.6 Å². The maximum Gasteiger partial charge on any atom is 0.379 e. The van der Waals surface area contributed by atoms with Crippen LogP contribution < -0.4 is 10.2 Å². The molecule has 29 heavy (non-hydrogen) atoms. The molecule has 2 aromatic heterocycles. The van der Waals surface area contributed by atoms with E-state index in [0.717, 1.165) is 17.1 Å². The number of furan rings is 1. The van der Waals surface area contributed by atoms with E-state index >= 15 is 0 Å². The van der Waals surface area contributed by atoms with Crippen molar-refractivity contribution in [2.45, 2.75) is 13.5 Å². The number of rotatable bonds is 7. The van der Waals surface area contributed by atoms with Crippen LogP contribution in [0, 0.1) is 10.1 Å². The largest absolute Gasteiger partial charge is 0.457 e. The third-order valence-electron chi connectivity index (χ3n) is 3.69. The number of hydrazone groups is 1. The summed E-state index contributed by atoms with van der Waals surface area (Å²) in [6.07, 6.45) is 3.59. The summed E-state index contributed by atoms with van der Waals surface area (Å²) in [6.45, 7) is 1.47. The van der Waals surface area contributed by atoms with Crippen molar-refractivity contribution in [1.82, 2.24) is 15.2 Å². The number of amides is 1. The first-order chi connectivity index (χ1) is 13.9. The third kappa shape index (κ3) is 5.13. The molecule has 11 heteroatoms. The van der Waals surface area contributed by atoms with Gasteiger partial charge in [0.25, 0.3) is 5.91 Å². The summed E-state index contributed by atoms with van der Waals surface area (Å²) in [5.74, 6) is -0.685. The molecule has 0 bridgehead atoms. The molecule has 0 fully saturated rings. The lowest BCUT2D eigenvalue weighted by atomic mass is 10.1. The fourth-order valence-electron chi connectivity index (χ4n) is 2.24. The number of benzene rings is 1. The SMILES string of the molecule is C/C(=N\NC(=O)Cn1cc([N+](=O)[O-])cn1)c1ccc(OC(=O)c2ccco2)cc1. The molecule has 1 amide bonds. The average Bonchev–Trinajstić information content (AvgIpc) is 3.39. The van der Waals surface area contributed by atoms with Crippen LogP contribution in [-0.2, 0) is 11.3 Å². The van der Waals surface area contributed by atoms with Crippen molar-refractivity contribution in [3.8, 4) is 5.75 Å². The fourth-order valence-corrected chi connectivity index (χ4v) is 2.24. The van der Waals surface area contributed by atoms with Gasteiger partial charge in [-0.05, 0) is 48.9 Å². The Labute approximate surface area is 163 Å². The number of carbonyl (C=O) groups is 2. The Morgan fingerprint density at radius 1 is 1.31 bits per heavy atom. The van der Waals surface area contributed by atoms with Crippen LogP contribution >= 0.6 is 0 Å². The second kappa shape index (κ2) is 8.61. The molecule has 3 aromatic rings. The van der Waals surface area contributed by atoms with Crippen LogP contribution in [0.3, 0.4) is 0 Å². The molecular formula is C18H15N5O6. The van der Waals surface area contributed by atoms with Gasteiger partial charge < -0.3 is 9.15 Å². The molecule has 0 unspecified atom stereocenters. The van der Waals surface area contributed by atoms with E-state index in [1.807, 2.05) is 0 Å². The van der Waals surface area contributed by atoms with Gasteiger partial charge in [0.15, 0.2) is 0 Å². The lowest BCUT2D eigenvalue weighted by molar-refractivity contribution is -0.385. The van der Waals surface area contributed by atoms with Gasteiger partial charge in [-0.3, -0.25) is 19.6 Å². The van der Waals surface area contributed by atoms with Crippen LogP contribution in [0.4, 0.5) is 5.69 Å². The Balaban J connectivity index is 1.55. The quantitative estimate of drug-likeness (QED) is 0.212. The van der Waals surface area contributed by atoms with Crippen LogP contribution in [0.5, 0.6) is 5.75 Å². The first kappa shape index (κ1) is 19.5. The van der Waals surface area contributed by atoms with E-state index in [9.17, 15) is 19.7 Å². The van der Waals surface area contributed by atoms with E-state index < -0.39 is 16.8 Å². The maximum atomic E-state index is 11.9. The molecule has 0 saturated heterocycles. The summed E-state index contributed by atoms with van der Waals surface area (Å²) in [5, 5.41) is 18.3. The van der Waals surface area contributed by atoms with Crippen LogP contribution in [0.2, 0.25) is 0 Å². The summed E-state index contributed by atoms with van der Waals surface area (Å²) < 4.78 is 11.3. The van der Waals surface area contributed by atoms with E-state index in [1.165, 1.54) is 12.3 Å². The van der Waals surface area contributed by atoms with Crippen molar-refractivity contribution < 1.29 is 23.7 Å². The topological polar surface area (TPSA) is 142 Å². The zero-order valence-electron chi connectivity index (χ0n) is 15.1. The van der Waals surface area contributed by atoms with E-state index in [4.69, 9.17) is 9.15 Å². The summed E-state index contributed by atoms with van der Waals surface area (Å²) in [7, 11) is 0. The Hall–Kier alpha value is -4.28. The number of nitrogens with one attached hydrogen (secondary N) is 1. The molecule has 0 radical (unpaired) electrons. The molecule has 2 heterocycles. The molecule has 0 aliphatic rings.